The zero-order valence-electron chi connectivity index (χ0n) is 20.2. The molecular weight excluding hydrogens is 469 g/mol. The van der Waals surface area contributed by atoms with E-state index in [1.54, 1.807) is 25.3 Å². The number of aromatic amines is 1. The second-order valence-corrected chi connectivity index (χ2v) is 9.00. The summed E-state index contributed by atoms with van der Waals surface area (Å²) < 4.78 is 19.9. The van der Waals surface area contributed by atoms with Crippen LogP contribution in [0.3, 0.4) is 0 Å². The fourth-order valence-electron chi connectivity index (χ4n) is 4.77. The molecule has 1 fully saturated rings. The van der Waals surface area contributed by atoms with Gasteiger partial charge in [-0.05, 0) is 88.6 Å². The lowest BCUT2D eigenvalue weighted by Gasteiger charge is -2.32. The van der Waals surface area contributed by atoms with Crippen LogP contribution < -0.4 is 4.74 Å². The maximum atomic E-state index is 14.5. The summed E-state index contributed by atoms with van der Waals surface area (Å²) in [5.41, 5.74) is 6.24. The quantitative estimate of drug-likeness (QED) is 0.228. The Bertz CT molecular complexity index is 1590. The number of H-pyrrole nitrogens is 1. The van der Waals surface area contributed by atoms with Crippen molar-refractivity contribution in [3.8, 4) is 11.8 Å². The van der Waals surface area contributed by atoms with Gasteiger partial charge >= 0.3 is 5.97 Å². The van der Waals surface area contributed by atoms with Gasteiger partial charge in [0, 0.05) is 6.08 Å². The predicted octanol–water partition coefficient (Wildman–Crippen LogP) is 6.44. The maximum absolute atomic E-state index is 14.5. The predicted molar refractivity (Wildman–Crippen MR) is 140 cm³/mol. The molecule has 1 aromatic heterocycles. The van der Waals surface area contributed by atoms with Crippen molar-refractivity contribution in [3.05, 3.63) is 101 Å². The number of hydrogen-bond donors (Lipinski definition) is 2. The number of hydrogen-bond acceptors (Lipinski definition) is 4. The van der Waals surface area contributed by atoms with E-state index in [4.69, 9.17) is 9.84 Å². The van der Waals surface area contributed by atoms with E-state index in [0.717, 1.165) is 58.7 Å². The highest BCUT2D eigenvalue weighted by atomic mass is 19.1. The van der Waals surface area contributed by atoms with Crippen LogP contribution >= 0.6 is 0 Å². The number of carboxylic acids is 1. The summed E-state index contributed by atoms with van der Waals surface area (Å²) in [6.07, 6.45) is 5.69. The van der Waals surface area contributed by atoms with E-state index in [9.17, 15) is 14.4 Å². The number of fused-ring (bicyclic) bond motifs is 1. The largest absolute Gasteiger partial charge is 0.497 e. The standard InChI is InChI=1S/C30H24FN3O3/c1-37-23-11-12-24(22(15-23)17-32)29(19-3-2-4-19)28(20-8-5-18(6-9-20)7-14-27(35)36)21-10-13-26-25(16-21)30(31)34-33-26/h5-16,19H,2-4H2,1H3,(H,33,34)(H,35,36)/b14-7+,29-28+. The normalized spacial score (nSPS) is 14.3. The van der Waals surface area contributed by atoms with Crippen LogP contribution in [0.4, 0.5) is 4.39 Å². The van der Waals surface area contributed by atoms with Crippen molar-refractivity contribution in [1.82, 2.24) is 10.2 Å². The number of aliphatic carboxylic acids is 1. The smallest absolute Gasteiger partial charge is 0.328 e. The molecule has 3 aromatic carbocycles. The van der Waals surface area contributed by atoms with Crippen molar-refractivity contribution in [2.75, 3.05) is 7.11 Å². The molecule has 0 unspecified atom stereocenters. The second-order valence-electron chi connectivity index (χ2n) is 9.00. The third kappa shape index (κ3) is 4.74. The molecule has 5 rings (SSSR count). The lowest BCUT2D eigenvalue weighted by Crippen LogP contribution is -2.16. The highest BCUT2D eigenvalue weighted by Gasteiger charge is 2.29. The average molecular weight is 494 g/mol. The summed E-state index contributed by atoms with van der Waals surface area (Å²) in [5.74, 6) is -0.688. The van der Waals surface area contributed by atoms with Gasteiger partial charge in [-0.15, -0.1) is 0 Å². The third-order valence-corrected chi connectivity index (χ3v) is 6.83. The SMILES string of the molecule is COc1ccc(/C(=C(\c2ccc(/C=C/C(=O)O)cc2)c2ccc3n[nH]c(F)c3c2)C2CCC2)c(C#N)c1. The Hall–Kier alpha value is -4.70. The average Bonchev–Trinajstić information content (AvgIpc) is 3.26. The monoisotopic (exact) mass is 493 g/mol. The van der Waals surface area contributed by atoms with Gasteiger partial charge in [0.25, 0.3) is 0 Å². The van der Waals surface area contributed by atoms with E-state index in [1.165, 1.54) is 6.08 Å². The minimum absolute atomic E-state index is 0.229. The molecule has 0 spiro atoms. The van der Waals surface area contributed by atoms with E-state index >= 15 is 0 Å². The third-order valence-electron chi connectivity index (χ3n) is 6.83. The number of nitrogens with zero attached hydrogens (tertiary/aromatic N) is 2. The molecule has 1 saturated carbocycles. The molecule has 7 heteroatoms. The Morgan fingerprint density at radius 2 is 1.89 bits per heavy atom. The first-order valence-electron chi connectivity index (χ1n) is 12.0. The summed E-state index contributed by atoms with van der Waals surface area (Å²) in [6.45, 7) is 0. The van der Waals surface area contributed by atoms with E-state index in [1.807, 2.05) is 42.5 Å². The molecule has 0 radical (unpaired) electrons. The summed E-state index contributed by atoms with van der Waals surface area (Å²) in [5, 5.41) is 25.8. The first kappa shape index (κ1) is 24.0. The van der Waals surface area contributed by atoms with Crippen LogP contribution in [0, 0.1) is 23.2 Å². The zero-order valence-corrected chi connectivity index (χ0v) is 20.2. The van der Waals surface area contributed by atoms with Gasteiger partial charge in [0.1, 0.15) is 5.75 Å². The molecule has 0 atom stereocenters. The van der Waals surface area contributed by atoms with Gasteiger partial charge in [-0.25, -0.2) is 4.79 Å². The lowest BCUT2D eigenvalue weighted by atomic mass is 9.72. The molecule has 6 nitrogen and oxygen atoms in total. The highest BCUT2D eigenvalue weighted by molar-refractivity contribution is 6.02. The van der Waals surface area contributed by atoms with E-state index in [2.05, 4.69) is 16.3 Å². The molecule has 4 aromatic rings. The Labute approximate surface area is 213 Å². The van der Waals surface area contributed by atoms with Crippen molar-refractivity contribution in [1.29, 1.82) is 5.26 Å². The number of allylic oxidation sites excluding steroid dienone is 1. The number of methoxy groups -OCH3 is 1. The van der Waals surface area contributed by atoms with Crippen LogP contribution in [0.2, 0.25) is 0 Å². The zero-order chi connectivity index (χ0) is 25.9. The molecule has 0 amide bonds. The molecule has 37 heavy (non-hydrogen) atoms. The number of halogens is 1. The Balaban J connectivity index is 1.78. The van der Waals surface area contributed by atoms with Gasteiger partial charge in [-0.1, -0.05) is 36.8 Å². The molecular formula is C30H24FN3O3. The number of ether oxygens (including phenoxy) is 1. The van der Waals surface area contributed by atoms with Crippen molar-refractivity contribution in [2.24, 2.45) is 5.92 Å². The van der Waals surface area contributed by atoms with Gasteiger partial charge in [-0.2, -0.15) is 14.8 Å². The minimum atomic E-state index is -1.02. The minimum Gasteiger partial charge on any atom is -0.497 e. The van der Waals surface area contributed by atoms with Gasteiger partial charge in [0.2, 0.25) is 5.95 Å². The second kappa shape index (κ2) is 10.1. The Morgan fingerprint density at radius 1 is 1.14 bits per heavy atom. The molecule has 184 valence electrons. The van der Waals surface area contributed by atoms with Crippen molar-refractivity contribution >= 4 is 34.1 Å². The highest BCUT2D eigenvalue weighted by Crippen LogP contribution is 2.46. The molecule has 2 N–H and O–H groups in total. The fraction of sp³-hybridized carbons (Fsp3) is 0.167. The van der Waals surface area contributed by atoms with Gasteiger partial charge < -0.3 is 9.84 Å². The first-order chi connectivity index (χ1) is 18.0. The van der Waals surface area contributed by atoms with Gasteiger partial charge in [0.15, 0.2) is 0 Å². The molecule has 1 aliphatic carbocycles. The lowest BCUT2D eigenvalue weighted by molar-refractivity contribution is -0.131. The summed E-state index contributed by atoms with van der Waals surface area (Å²) >= 11 is 0. The number of aromatic nitrogens is 2. The summed E-state index contributed by atoms with van der Waals surface area (Å²) in [4.78, 5) is 10.9. The van der Waals surface area contributed by atoms with Crippen LogP contribution in [0.15, 0.2) is 66.7 Å². The van der Waals surface area contributed by atoms with E-state index in [-0.39, 0.29) is 5.92 Å². The van der Waals surface area contributed by atoms with Crippen LogP contribution in [-0.2, 0) is 4.79 Å². The van der Waals surface area contributed by atoms with E-state index in [0.29, 0.717) is 22.2 Å². The molecule has 0 aliphatic heterocycles. The molecule has 1 heterocycles. The Kier molecular flexibility index (Phi) is 6.57. The van der Waals surface area contributed by atoms with E-state index < -0.39 is 11.9 Å². The van der Waals surface area contributed by atoms with Gasteiger partial charge in [0.05, 0.1) is 29.6 Å². The van der Waals surface area contributed by atoms with Crippen LogP contribution in [-0.4, -0.2) is 28.4 Å². The van der Waals surface area contributed by atoms with Crippen LogP contribution in [0.1, 0.15) is 47.1 Å². The topological polar surface area (TPSA) is 99.0 Å². The number of carbonyl (C=O) groups is 1. The summed E-state index contributed by atoms with van der Waals surface area (Å²) in [7, 11) is 1.57. The Morgan fingerprint density at radius 3 is 2.54 bits per heavy atom. The van der Waals surface area contributed by atoms with Crippen molar-refractivity contribution < 1.29 is 19.0 Å². The number of rotatable bonds is 7. The van der Waals surface area contributed by atoms with Crippen LogP contribution in [0.25, 0.3) is 28.1 Å². The maximum Gasteiger partial charge on any atom is 0.328 e. The molecule has 0 bridgehead atoms. The number of benzene rings is 3. The molecule has 1 aliphatic rings. The summed E-state index contributed by atoms with van der Waals surface area (Å²) in [6, 6.07) is 20.9. The number of nitriles is 1. The fourth-order valence-corrected chi connectivity index (χ4v) is 4.77. The van der Waals surface area contributed by atoms with Crippen LogP contribution in [0.5, 0.6) is 5.75 Å². The number of carboxylic acid groups (broad SMARTS) is 1. The van der Waals surface area contributed by atoms with Crippen molar-refractivity contribution in [2.45, 2.75) is 19.3 Å². The van der Waals surface area contributed by atoms with Gasteiger partial charge in [-0.3, -0.25) is 5.10 Å². The van der Waals surface area contributed by atoms with Crippen molar-refractivity contribution in [3.63, 3.8) is 0 Å². The first-order valence-corrected chi connectivity index (χ1v) is 12.0. The molecule has 0 saturated heterocycles. The number of nitrogens with one attached hydrogen (secondary N) is 1.